The molecule has 0 aliphatic carbocycles. The quantitative estimate of drug-likeness (QED) is 0.854. The summed E-state index contributed by atoms with van der Waals surface area (Å²) in [6.45, 7) is 2.61. The highest BCUT2D eigenvalue weighted by Crippen LogP contribution is 2.41. The van der Waals surface area contributed by atoms with Gasteiger partial charge >= 0.3 is 0 Å². The number of nitrogens with zero attached hydrogens (tertiary/aromatic N) is 1. The first-order valence-corrected chi connectivity index (χ1v) is 6.67. The molecule has 0 fully saturated rings. The summed E-state index contributed by atoms with van der Waals surface area (Å²) in [5.41, 5.74) is -3.37. The summed E-state index contributed by atoms with van der Waals surface area (Å²) in [7, 11) is 1.43. The molecule has 2 nitrogen and oxygen atoms in total. The first-order chi connectivity index (χ1) is 9.43. The monoisotopic (exact) mass is 298 g/mol. The fraction of sp³-hybridized carbons (Fsp3) is 0.214. The Morgan fingerprint density at radius 2 is 2.00 bits per heavy atom. The third-order valence-electron chi connectivity index (χ3n) is 2.78. The van der Waals surface area contributed by atoms with Gasteiger partial charge in [0, 0.05) is 29.4 Å². The Labute approximate surface area is 117 Å². The highest BCUT2D eigenvalue weighted by Gasteiger charge is 2.29. The van der Waals surface area contributed by atoms with E-state index in [2.05, 4.69) is 10.3 Å². The van der Waals surface area contributed by atoms with E-state index in [0.29, 0.717) is 17.9 Å². The number of hydrogen-bond donors (Lipinski definition) is 1. The van der Waals surface area contributed by atoms with Crippen LogP contribution >= 0.6 is 9.24 Å². The van der Waals surface area contributed by atoms with E-state index in [-0.39, 0.29) is 11.1 Å². The Morgan fingerprint density at radius 3 is 2.55 bits per heavy atom. The molecule has 106 valence electrons. The molecule has 1 aromatic heterocycles. The predicted molar refractivity (Wildman–Crippen MR) is 77.4 cm³/mol. The van der Waals surface area contributed by atoms with Crippen molar-refractivity contribution in [2.24, 2.45) is 0 Å². The van der Waals surface area contributed by atoms with Gasteiger partial charge in [-0.15, -0.1) is 0 Å². The van der Waals surface area contributed by atoms with E-state index >= 15 is 0 Å². The van der Waals surface area contributed by atoms with Crippen molar-refractivity contribution in [2.75, 3.05) is 11.9 Å². The lowest BCUT2D eigenvalue weighted by molar-refractivity contribution is 0.104. The average Bonchev–Trinajstić information content (AvgIpc) is 2.39. The lowest BCUT2D eigenvalue weighted by Gasteiger charge is -2.16. The maximum absolute atomic E-state index is 13.9. The number of aromatic nitrogens is 1. The van der Waals surface area contributed by atoms with Crippen LogP contribution in [0.1, 0.15) is 12.5 Å². The standard InChI is InChI=1S/C14H14F3N2P/c1-2-18-12-7-6-9(8-19-12)13-10(14(16,17)20)4-3-5-11(13)15/h3-8H,2,20H2,1H3,(H,18,19). The minimum absolute atomic E-state index is 0.122. The van der Waals surface area contributed by atoms with Crippen LogP contribution < -0.4 is 5.32 Å². The van der Waals surface area contributed by atoms with Crippen LogP contribution in [0.5, 0.6) is 0 Å². The fourth-order valence-electron chi connectivity index (χ4n) is 1.92. The van der Waals surface area contributed by atoms with Crippen LogP contribution in [-0.4, -0.2) is 11.5 Å². The van der Waals surface area contributed by atoms with Gasteiger partial charge in [0.2, 0.25) is 0 Å². The number of alkyl halides is 2. The number of pyridine rings is 1. The molecule has 6 heteroatoms. The molecular weight excluding hydrogens is 284 g/mol. The van der Waals surface area contributed by atoms with Crippen LogP contribution in [0.25, 0.3) is 11.1 Å². The lowest BCUT2D eigenvalue weighted by atomic mass is 10.0. The van der Waals surface area contributed by atoms with Gasteiger partial charge in [-0.3, -0.25) is 0 Å². The van der Waals surface area contributed by atoms with Gasteiger partial charge < -0.3 is 5.32 Å². The molecule has 1 atom stereocenters. The van der Waals surface area contributed by atoms with E-state index in [9.17, 15) is 13.2 Å². The van der Waals surface area contributed by atoms with E-state index in [1.807, 2.05) is 6.92 Å². The first-order valence-electron chi connectivity index (χ1n) is 6.09. The average molecular weight is 298 g/mol. The molecule has 0 aliphatic heterocycles. The van der Waals surface area contributed by atoms with E-state index in [4.69, 9.17) is 0 Å². The summed E-state index contributed by atoms with van der Waals surface area (Å²) in [6.07, 6.45) is 1.39. The van der Waals surface area contributed by atoms with Gasteiger partial charge in [0.05, 0.1) is 0 Å². The zero-order valence-corrected chi connectivity index (χ0v) is 12.0. The molecule has 1 aromatic carbocycles. The summed E-state index contributed by atoms with van der Waals surface area (Å²) >= 11 is 0. The largest absolute Gasteiger partial charge is 0.370 e. The van der Waals surface area contributed by atoms with Crippen molar-refractivity contribution in [2.45, 2.75) is 12.6 Å². The molecule has 0 bridgehead atoms. The smallest absolute Gasteiger partial charge is 0.284 e. The van der Waals surface area contributed by atoms with Crippen molar-refractivity contribution in [3.63, 3.8) is 0 Å². The number of benzene rings is 1. The summed E-state index contributed by atoms with van der Waals surface area (Å²) in [5, 5.41) is 2.99. The summed E-state index contributed by atoms with van der Waals surface area (Å²) in [4.78, 5) is 4.08. The van der Waals surface area contributed by atoms with Crippen molar-refractivity contribution in [1.82, 2.24) is 4.98 Å². The maximum Gasteiger partial charge on any atom is 0.284 e. The Balaban J connectivity index is 2.51. The second kappa shape index (κ2) is 5.80. The van der Waals surface area contributed by atoms with Gasteiger partial charge in [-0.2, -0.15) is 8.78 Å². The van der Waals surface area contributed by atoms with Gasteiger partial charge in [-0.05, 0) is 25.1 Å². The Kier molecular flexibility index (Phi) is 4.29. The van der Waals surface area contributed by atoms with Crippen LogP contribution in [-0.2, 0) is 5.66 Å². The minimum atomic E-state index is -3.20. The zero-order chi connectivity index (χ0) is 14.8. The molecule has 2 rings (SSSR count). The zero-order valence-electron chi connectivity index (χ0n) is 10.8. The topological polar surface area (TPSA) is 24.9 Å². The van der Waals surface area contributed by atoms with E-state index in [1.165, 1.54) is 27.6 Å². The van der Waals surface area contributed by atoms with Crippen molar-refractivity contribution in [1.29, 1.82) is 0 Å². The SMILES string of the molecule is CCNc1ccc(-c2c(F)cccc2C(F)(F)P)cn1. The number of halogens is 3. The van der Waals surface area contributed by atoms with Crippen LogP contribution in [0.3, 0.4) is 0 Å². The summed E-state index contributed by atoms with van der Waals surface area (Å²) in [5.74, 6) is -0.0746. The number of nitrogens with one attached hydrogen (secondary N) is 1. The van der Waals surface area contributed by atoms with Crippen molar-refractivity contribution >= 4 is 15.1 Å². The van der Waals surface area contributed by atoms with Crippen LogP contribution in [0.2, 0.25) is 0 Å². The maximum atomic E-state index is 13.9. The normalized spacial score (nSPS) is 11.4. The Morgan fingerprint density at radius 1 is 1.25 bits per heavy atom. The second-order valence-electron chi connectivity index (χ2n) is 4.25. The molecule has 0 amide bonds. The predicted octanol–water partition coefficient (Wildman–Crippen LogP) is 4.24. The molecule has 1 heterocycles. The molecule has 20 heavy (non-hydrogen) atoms. The first kappa shape index (κ1) is 14.8. The molecule has 1 N–H and O–H groups in total. The van der Waals surface area contributed by atoms with Crippen molar-refractivity contribution in [3.8, 4) is 11.1 Å². The molecule has 0 spiro atoms. The van der Waals surface area contributed by atoms with E-state index < -0.39 is 11.5 Å². The number of rotatable bonds is 4. The van der Waals surface area contributed by atoms with E-state index in [1.54, 1.807) is 12.1 Å². The van der Waals surface area contributed by atoms with Gasteiger partial charge in [-0.25, -0.2) is 9.37 Å². The van der Waals surface area contributed by atoms with Crippen LogP contribution in [0, 0.1) is 5.82 Å². The molecule has 2 aromatic rings. The van der Waals surface area contributed by atoms with Gasteiger partial charge in [0.1, 0.15) is 11.6 Å². The summed E-state index contributed by atoms with van der Waals surface area (Å²) in [6, 6.07) is 6.85. The highest BCUT2D eigenvalue weighted by molar-refractivity contribution is 7.17. The molecule has 0 aliphatic rings. The van der Waals surface area contributed by atoms with Gasteiger partial charge in [-0.1, -0.05) is 21.4 Å². The highest BCUT2D eigenvalue weighted by atomic mass is 31.0. The third kappa shape index (κ3) is 3.10. The van der Waals surface area contributed by atoms with Gasteiger partial charge in [0.25, 0.3) is 5.66 Å². The lowest BCUT2D eigenvalue weighted by Crippen LogP contribution is -2.07. The van der Waals surface area contributed by atoms with Crippen LogP contribution in [0.4, 0.5) is 19.0 Å². The van der Waals surface area contributed by atoms with Crippen molar-refractivity contribution in [3.05, 3.63) is 47.9 Å². The molecule has 0 saturated heterocycles. The molecular formula is C14H14F3N2P. The Hall–Kier alpha value is -1.61. The molecule has 0 radical (unpaired) electrons. The second-order valence-corrected chi connectivity index (χ2v) is 4.97. The van der Waals surface area contributed by atoms with Crippen molar-refractivity contribution < 1.29 is 13.2 Å². The Bertz CT molecular complexity index is 594. The number of hydrogen-bond acceptors (Lipinski definition) is 2. The molecule has 0 saturated carbocycles. The van der Waals surface area contributed by atoms with Crippen LogP contribution in [0.15, 0.2) is 36.5 Å². The third-order valence-corrected chi connectivity index (χ3v) is 3.09. The molecule has 1 unspecified atom stereocenters. The van der Waals surface area contributed by atoms with E-state index in [0.717, 1.165) is 6.07 Å². The van der Waals surface area contributed by atoms with Gasteiger partial charge in [0.15, 0.2) is 0 Å². The summed E-state index contributed by atoms with van der Waals surface area (Å²) < 4.78 is 41.0. The number of anilines is 1. The fourth-order valence-corrected chi connectivity index (χ4v) is 2.16. The minimum Gasteiger partial charge on any atom is -0.370 e.